The van der Waals surface area contributed by atoms with E-state index in [0.717, 1.165) is 17.2 Å². The number of rotatable bonds is 7. The number of hydrogen-bond donors (Lipinski definition) is 1. The van der Waals surface area contributed by atoms with Crippen molar-refractivity contribution in [3.8, 4) is 0 Å². The van der Waals surface area contributed by atoms with Crippen molar-refractivity contribution in [1.29, 1.82) is 0 Å². The molecule has 1 atom stereocenters. The molecule has 0 amide bonds. The van der Waals surface area contributed by atoms with Crippen LogP contribution in [0, 0.1) is 0 Å². The normalized spacial score (nSPS) is 13.2. The lowest BCUT2D eigenvalue weighted by Gasteiger charge is -2.12. The molecule has 114 valence electrons. The Hall–Kier alpha value is -1.24. The summed E-state index contributed by atoms with van der Waals surface area (Å²) in [5, 5.41) is 3.71. The molecule has 1 heterocycles. The average Bonchev–Trinajstić information content (AvgIpc) is 2.91. The standard InChI is InChI=1S/C15H19NO3S2/c1-12(10-16-11-13-4-3-9-19-13)20-14-5-7-15(8-6-14)21(2,17)18/h3-9,12,16H,10-11H2,1-2H3. The summed E-state index contributed by atoms with van der Waals surface area (Å²) in [5.41, 5.74) is 0. The van der Waals surface area contributed by atoms with Crippen LogP contribution in [0.25, 0.3) is 0 Å². The molecule has 0 aliphatic rings. The lowest BCUT2D eigenvalue weighted by Crippen LogP contribution is -2.21. The van der Waals surface area contributed by atoms with Gasteiger partial charge in [-0.15, -0.1) is 11.8 Å². The number of nitrogens with one attached hydrogen (secondary N) is 1. The molecule has 6 heteroatoms. The van der Waals surface area contributed by atoms with Gasteiger partial charge in [0.05, 0.1) is 17.7 Å². The average molecular weight is 325 g/mol. The Kier molecular flexibility index (Phi) is 5.50. The van der Waals surface area contributed by atoms with Crippen LogP contribution in [0.2, 0.25) is 0 Å². The number of sulfone groups is 1. The van der Waals surface area contributed by atoms with Crippen molar-refractivity contribution in [2.24, 2.45) is 0 Å². The van der Waals surface area contributed by atoms with Crippen molar-refractivity contribution in [3.05, 3.63) is 48.4 Å². The molecule has 2 aromatic rings. The SMILES string of the molecule is CC(CNCc1ccco1)Sc1ccc(S(C)(=O)=O)cc1. The zero-order valence-electron chi connectivity index (χ0n) is 12.1. The molecule has 0 saturated carbocycles. The van der Waals surface area contributed by atoms with Crippen LogP contribution in [0.3, 0.4) is 0 Å². The van der Waals surface area contributed by atoms with Gasteiger partial charge < -0.3 is 9.73 Å². The van der Waals surface area contributed by atoms with Gasteiger partial charge in [0.1, 0.15) is 5.76 Å². The zero-order chi connectivity index (χ0) is 15.3. The van der Waals surface area contributed by atoms with Gasteiger partial charge in [0, 0.05) is 22.9 Å². The minimum absolute atomic E-state index is 0.357. The summed E-state index contributed by atoms with van der Waals surface area (Å²) in [6.45, 7) is 3.69. The molecule has 1 aromatic carbocycles. The predicted octanol–water partition coefficient (Wildman–Crippen LogP) is 2.95. The predicted molar refractivity (Wildman–Crippen MR) is 85.3 cm³/mol. The van der Waals surface area contributed by atoms with Gasteiger partial charge in [0.25, 0.3) is 0 Å². The molecule has 0 spiro atoms. The molecular formula is C15H19NO3S2. The van der Waals surface area contributed by atoms with Crippen molar-refractivity contribution >= 4 is 21.6 Å². The first-order valence-electron chi connectivity index (χ1n) is 6.65. The second-order valence-electron chi connectivity index (χ2n) is 4.88. The third-order valence-corrected chi connectivity index (χ3v) is 5.14. The number of thioether (sulfide) groups is 1. The molecule has 0 radical (unpaired) electrons. The summed E-state index contributed by atoms with van der Waals surface area (Å²) < 4.78 is 28.0. The Morgan fingerprint density at radius 2 is 1.95 bits per heavy atom. The molecule has 1 N–H and O–H groups in total. The van der Waals surface area contributed by atoms with Crippen LogP contribution in [-0.4, -0.2) is 26.5 Å². The van der Waals surface area contributed by atoms with Crippen molar-refractivity contribution in [1.82, 2.24) is 5.32 Å². The quantitative estimate of drug-likeness (QED) is 0.793. The van der Waals surface area contributed by atoms with E-state index in [1.165, 1.54) is 6.26 Å². The van der Waals surface area contributed by atoms with Gasteiger partial charge in [-0.05, 0) is 36.4 Å². The van der Waals surface area contributed by atoms with Crippen molar-refractivity contribution in [3.63, 3.8) is 0 Å². The molecule has 0 aliphatic heterocycles. The van der Waals surface area contributed by atoms with Crippen LogP contribution >= 0.6 is 11.8 Å². The van der Waals surface area contributed by atoms with Crippen LogP contribution in [0.1, 0.15) is 12.7 Å². The molecule has 2 rings (SSSR count). The highest BCUT2D eigenvalue weighted by atomic mass is 32.2. The van der Waals surface area contributed by atoms with Gasteiger partial charge in [-0.25, -0.2) is 8.42 Å². The summed E-state index contributed by atoms with van der Waals surface area (Å²) in [4.78, 5) is 1.42. The monoisotopic (exact) mass is 325 g/mol. The van der Waals surface area contributed by atoms with E-state index >= 15 is 0 Å². The second kappa shape index (κ2) is 7.15. The third-order valence-electron chi connectivity index (χ3n) is 2.90. The Labute approximate surface area is 129 Å². The van der Waals surface area contributed by atoms with Crippen molar-refractivity contribution in [2.75, 3.05) is 12.8 Å². The first kappa shape index (κ1) is 16.1. The van der Waals surface area contributed by atoms with Crippen LogP contribution in [-0.2, 0) is 16.4 Å². The smallest absolute Gasteiger partial charge is 0.175 e. The fourth-order valence-electron chi connectivity index (χ4n) is 1.85. The van der Waals surface area contributed by atoms with Gasteiger partial charge in [-0.2, -0.15) is 0 Å². The number of benzene rings is 1. The van der Waals surface area contributed by atoms with E-state index in [4.69, 9.17) is 4.42 Å². The van der Waals surface area contributed by atoms with Crippen LogP contribution in [0.4, 0.5) is 0 Å². The first-order valence-corrected chi connectivity index (χ1v) is 9.42. The van der Waals surface area contributed by atoms with E-state index < -0.39 is 9.84 Å². The summed E-state index contributed by atoms with van der Waals surface area (Å²) in [7, 11) is -3.12. The number of furan rings is 1. The van der Waals surface area contributed by atoms with Crippen LogP contribution in [0.5, 0.6) is 0 Å². The third kappa shape index (κ3) is 5.22. The van der Waals surface area contributed by atoms with Gasteiger partial charge >= 0.3 is 0 Å². The molecule has 1 unspecified atom stereocenters. The summed E-state index contributed by atoms with van der Waals surface area (Å²) >= 11 is 1.71. The van der Waals surface area contributed by atoms with Crippen LogP contribution < -0.4 is 5.32 Å². The highest BCUT2D eigenvalue weighted by molar-refractivity contribution is 8.00. The Morgan fingerprint density at radius 3 is 2.52 bits per heavy atom. The molecule has 0 aliphatic carbocycles. The maximum absolute atomic E-state index is 11.4. The molecule has 21 heavy (non-hydrogen) atoms. The maximum Gasteiger partial charge on any atom is 0.175 e. The topological polar surface area (TPSA) is 59.3 Å². The Bertz CT molecular complexity index is 649. The lowest BCUT2D eigenvalue weighted by molar-refractivity contribution is 0.484. The van der Waals surface area contributed by atoms with E-state index in [0.29, 0.717) is 16.7 Å². The first-order chi connectivity index (χ1) is 9.95. The zero-order valence-corrected chi connectivity index (χ0v) is 13.7. The molecule has 1 aromatic heterocycles. The summed E-state index contributed by atoms with van der Waals surface area (Å²) in [6.07, 6.45) is 2.88. The van der Waals surface area contributed by atoms with E-state index in [9.17, 15) is 8.42 Å². The Balaban J connectivity index is 1.81. The molecule has 0 bridgehead atoms. The van der Waals surface area contributed by atoms with Crippen molar-refractivity contribution in [2.45, 2.75) is 28.5 Å². The lowest BCUT2D eigenvalue weighted by atomic mass is 10.4. The van der Waals surface area contributed by atoms with E-state index in [-0.39, 0.29) is 0 Å². The fraction of sp³-hybridized carbons (Fsp3) is 0.333. The molecular weight excluding hydrogens is 306 g/mol. The van der Waals surface area contributed by atoms with E-state index in [2.05, 4.69) is 12.2 Å². The van der Waals surface area contributed by atoms with Gasteiger partial charge in [0.15, 0.2) is 9.84 Å². The van der Waals surface area contributed by atoms with Gasteiger partial charge in [-0.1, -0.05) is 6.92 Å². The highest BCUT2D eigenvalue weighted by Gasteiger charge is 2.08. The summed E-state index contributed by atoms with van der Waals surface area (Å²) in [6, 6.07) is 10.8. The fourth-order valence-corrected chi connectivity index (χ4v) is 3.44. The van der Waals surface area contributed by atoms with E-state index in [1.807, 2.05) is 24.3 Å². The van der Waals surface area contributed by atoms with Crippen LogP contribution in [0.15, 0.2) is 56.9 Å². The van der Waals surface area contributed by atoms with Gasteiger partial charge in [-0.3, -0.25) is 0 Å². The summed E-state index contributed by atoms with van der Waals surface area (Å²) in [5.74, 6) is 0.921. The minimum Gasteiger partial charge on any atom is -0.468 e. The second-order valence-corrected chi connectivity index (χ2v) is 8.41. The maximum atomic E-state index is 11.4. The minimum atomic E-state index is -3.12. The van der Waals surface area contributed by atoms with E-state index in [1.54, 1.807) is 30.2 Å². The van der Waals surface area contributed by atoms with Gasteiger partial charge in [0.2, 0.25) is 0 Å². The highest BCUT2D eigenvalue weighted by Crippen LogP contribution is 2.24. The van der Waals surface area contributed by atoms with Crippen molar-refractivity contribution < 1.29 is 12.8 Å². The molecule has 0 saturated heterocycles. The number of hydrogen-bond acceptors (Lipinski definition) is 5. The largest absolute Gasteiger partial charge is 0.468 e. The molecule has 4 nitrogen and oxygen atoms in total. The Morgan fingerprint density at radius 1 is 1.24 bits per heavy atom. The molecule has 0 fully saturated rings.